The molecule has 0 saturated carbocycles. The summed E-state index contributed by atoms with van der Waals surface area (Å²) in [5.41, 5.74) is 3.75. The highest BCUT2D eigenvalue weighted by atomic mass is 35.5. The van der Waals surface area contributed by atoms with Crippen LogP contribution in [0, 0.1) is 0 Å². The maximum absolute atomic E-state index is 4.82. The van der Waals surface area contributed by atoms with Gasteiger partial charge in [-0.15, -0.1) is 0 Å². The van der Waals surface area contributed by atoms with Crippen molar-refractivity contribution in [2.75, 3.05) is 26.7 Å². The summed E-state index contributed by atoms with van der Waals surface area (Å²) in [6.07, 6.45) is 28.1. The lowest BCUT2D eigenvalue weighted by molar-refractivity contribution is -0.862. The molecule has 0 fully saturated rings. The van der Waals surface area contributed by atoms with Crippen LogP contribution in [0.5, 0.6) is 0 Å². The second kappa shape index (κ2) is 21.7. The van der Waals surface area contributed by atoms with Gasteiger partial charge in [0.25, 0.3) is 0 Å². The molecule has 0 radical (unpaired) electrons. The zero-order chi connectivity index (χ0) is 21.8. The minimum absolute atomic E-state index is 0. The van der Waals surface area contributed by atoms with E-state index in [2.05, 4.69) is 26.3 Å². The molecule has 1 aliphatic heterocycles. The highest BCUT2D eigenvalue weighted by Gasteiger charge is 2.33. The Morgan fingerprint density at radius 2 is 1.06 bits per heavy atom. The summed E-state index contributed by atoms with van der Waals surface area (Å²) < 4.78 is 0.905. The highest BCUT2D eigenvalue weighted by Crippen LogP contribution is 2.17. The maximum atomic E-state index is 4.82. The molecule has 0 aromatic heterocycles. The van der Waals surface area contributed by atoms with Gasteiger partial charge in [0.15, 0.2) is 0 Å². The predicted octanol–water partition coefficient (Wildman–Crippen LogP) is 5.20. The molecule has 1 atom stereocenters. The first-order valence-electron chi connectivity index (χ1n) is 13.9. The van der Waals surface area contributed by atoms with Crippen LogP contribution in [0.15, 0.2) is 4.99 Å². The van der Waals surface area contributed by atoms with E-state index in [-0.39, 0.29) is 12.4 Å². The number of nitrogens with one attached hydrogen (secondary N) is 1. The molecule has 0 amide bonds. The van der Waals surface area contributed by atoms with E-state index < -0.39 is 0 Å². The van der Waals surface area contributed by atoms with Gasteiger partial charge in [-0.05, 0) is 12.8 Å². The quantitative estimate of drug-likeness (QED) is 0.175. The first kappa shape index (κ1) is 30.9. The van der Waals surface area contributed by atoms with Crippen molar-refractivity contribution in [3.63, 3.8) is 0 Å². The van der Waals surface area contributed by atoms with Gasteiger partial charge in [-0.25, -0.2) is 9.58 Å². The number of hydrogen-bond acceptors (Lipinski definition) is 2. The standard InChI is InChI=1S/C27H56N3.ClH/c1-4-6-8-9-10-11-12-13-14-15-16-17-18-19-20-21-23-27-28-25-26-30(27,3)29-24-22-7-5-2;/h29H,4-26H2,1-3H3;1H/q+1;/p-1. The Morgan fingerprint density at radius 3 is 1.55 bits per heavy atom. The zero-order valence-corrected chi connectivity index (χ0v) is 22.3. The summed E-state index contributed by atoms with van der Waals surface area (Å²) >= 11 is 0. The number of hydrogen-bond donors (Lipinski definition) is 1. The van der Waals surface area contributed by atoms with Crippen LogP contribution in [0.2, 0.25) is 0 Å². The molecule has 0 aromatic rings. The number of rotatable bonds is 22. The smallest absolute Gasteiger partial charge is 0.217 e. The zero-order valence-electron chi connectivity index (χ0n) is 21.5. The molecule has 0 aromatic carbocycles. The number of aliphatic imine (C=N–C) groups is 1. The monoisotopic (exact) mass is 457 g/mol. The number of likely N-dealkylation sites (N-methyl/N-ethyl adjacent to an activating group) is 1. The lowest BCUT2D eigenvalue weighted by Gasteiger charge is -2.30. The first-order chi connectivity index (χ1) is 14.7. The fraction of sp³-hybridized carbons (Fsp3) is 0.963. The molecule has 1 N–H and O–H groups in total. The van der Waals surface area contributed by atoms with Crippen molar-refractivity contribution in [2.24, 2.45) is 4.99 Å². The fourth-order valence-corrected chi connectivity index (χ4v) is 4.69. The predicted molar refractivity (Wildman–Crippen MR) is 135 cm³/mol. The highest BCUT2D eigenvalue weighted by molar-refractivity contribution is 5.76. The largest absolute Gasteiger partial charge is 1.00 e. The maximum Gasteiger partial charge on any atom is 0.217 e. The van der Waals surface area contributed by atoms with Gasteiger partial charge >= 0.3 is 0 Å². The lowest BCUT2D eigenvalue weighted by atomic mass is 10.0. The first-order valence-corrected chi connectivity index (χ1v) is 13.9. The average molecular weight is 458 g/mol. The van der Waals surface area contributed by atoms with E-state index in [1.54, 1.807) is 0 Å². The van der Waals surface area contributed by atoms with Crippen molar-refractivity contribution < 1.29 is 17.0 Å². The molecule has 1 unspecified atom stereocenters. The summed E-state index contributed by atoms with van der Waals surface area (Å²) in [6, 6.07) is 0. The molecule has 186 valence electrons. The van der Waals surface area contributed by atoms with Crippen LogP contribution < -0.4 is 17.8 Å². The van der Waals surface area contributed by atoms with Crippen LogP contribution in [-0.2, 0) is 0 Å². The van der Waals surface area contributed by atoms with Gasteiger partial charge in [-0.3, -0.25) is 0 Å². The van der Waals surface area contributed by atoms with E-state index in [0.717, 1.165) is 24.2 Å². The third-order valence-corrected chi connectivity index (χ3v) is 6.91. The number of halogens is 1. The summed E-state index contributed by atoms with van der Waals surface area (Å²) in [6.45, 7) is 7.85. The van der Waals surface area contributed by atoms with Crippen LogP contribution in [0.3, 0.4) is 0 Å². The summed E-state index contributed by atoms with van der Waals surface area (Å²) in [7, 11) is 2.32. The number of unbranched alkanes of at least 4 members (excludes halogenated alkanes) is 17. The van der Waals surface area contributed by atoms with Crippen LogP contribution in [0.4, 0.5) is 0 Å². The minimum Gasteiger partial charge on any atom is -1.00 e. The summed E-state index contributed by atoms with van der Waals surface area (Å²) in [5.74, 6) is 1.40. The third-order valence-electron chi connectivity index (χ3n) is 6.91. The average Bonchev–Trinajstić information content (AvgIpc) is 3.11. The molecule has 0 aliphatic carbocycles. The Bertz CT molecular complexity index is 413. The number of quaternary nitrogens is 1. The second-order valence-electron chi connectivity index (χ2n) is 9.88. The molecule has 1 heterocycles. The van der Waals surface area contributed by atoms with Gasteiger partial charge in [0.2, 0.25) is 5.84 Å². The molecular formula is C27H56ClN3. The Balaban J connectivity index is 0.00000900. The van der Waals surface area contributed by atoms with E-state index in [0.29, 0.717) is 0 Å². The van der Waals surface area contributed by atoms with E-state index in [1.165, 1.54) is 134 Å². The van der Waals surface area contributed by atoms with E-state index >= 15 is 0 Å². The summed E-state index contributed by atoms with van der Waals surface area (Å²) in [4.78, 5) is 4.82. The van der Waals surface area contributed by atoms with Gasteiger partial charge in [0, 0.05) is 13.0 Å². The van der Waals surface area contributed by atoms with Gasteiger partial charge in [-0.2, -0.15) is 5.43 Å². The lowest BCUT2D eigenvalue weighted by Crippen LogP contribution is -3.00. The molecular weight excluding hydrogens is 402 g/mol. The van der Waals surface area contributed by atoms with Crippen LogP contribution >= 0.6 is 0 Å². The van der Waals surface area contributed by atoms with Crippen molar-refractivity contribution in [1.29, 1.82) is 0 Å². The molecule has 1 rings (SSSR count). The van der Waals surface area contributed by atoms with Gasteiger partial charge in [-0.1, -0.05) is 123 Å². The number of amidine groups is 1. The van der Waals surface area contributed by atoms with Gasteiger partial charge in [0.05, 0.1) is 13.6 Å². The van der Waals surface area contributed by atoms with Crippen LogP contribution in [-0.4, -0.2) is 37.1 Å². The Kier molecular flexibility index (Phi) is 21.6. The second-order valence-corrected chi connectivity index (χ2v) is 9.88. The fourth-order valence-electron chi connectivity index (χ4n) is 4.69. The molecule has 3 nitrogen and oxygen atoms in total. The van der Waals surface area contributed by atoms with Crippen LogP contribution in [0.25, 0.3) is 0 Å². The third kappa shape index (κ3) is 16.2. The minimum atomic E-state index is 0. The molecule has 4 heteroatoms. The molecule has 31 heavy (non-hydrogen) atoms. The van der Waals surface area contributed by atoms with Crippen LogP contribution in [0.1, 0.15) is 142 Å². The SMILES string of the molecule is CCCCCCCCCCCCCCCCCCC1=NCC[N+]1(C)NCCCCC.[Cl-]. The molecule has 0 saturated heterocycles. The topological polar surface area (TPSA) is 24.4 Å². The molecule has 1 aliphatic rings. The van der Waals surface area contributed by atoms with E-state index in [9.17, 15) is 0 Å². The van der Waals surface area contributed by atoms with Crippen molar-refractivity contribution >= 4 is 5.84 Å². The Morgan fingerprint density at radius 1 is 0.645 bits per heavy atom. The molecule has 0 spiro atoms. The van der Waals surface area contributed by atoms with Crippen molar-refractivity contribution in [2.45, 2.75) is 142 Å². The van der Waals surface area contributed by atoms with Gasteiger partial charge in [0.1, 0.15) is 6.54 Å². The molecule has 0 bridgehead atoms. The normalized spacial score (nSPS) is 18.2. The van der Waals surface area contributed by atoms with Gasteiger partial charge < -0.3 is 12.4 Å². The Hall–Kier alpha value is -0.120. The summed E-state index contributed by atoms with van der Waals surface area (Å²) in [5, 5.41) is 0. The van der Waals surface area contributed by atoms with E-state index in [1.807, 2.05) is 0 Å². The van der Waals surface area contributed by atoms with Crippen molar-refractivity contribution in [3.05, 3.63) is 0 Å². The van der Waals surface area contributed by atoms with Crippen molar-refractivity contribution in [3.8, 4) is 0 Å². The van der Waals surface area contributed by atoms with E-state index in [4.69, 9.17) is 4.99 Å². The Labute approximate surface area is 202 Å². The number of nitrogens with zero attached hydrogens (tertiary/aromatic N) is 2. The van der Waals surface area contributed by atoms with Crippen molar-refractivity contribution in [1.82, 2.24) is 5.43 Å².